The third kappa shape index (κ3) is 8.35. The van der Waals surface area contributed by atoms with Crippen molar-refractivity contribution in [2.75, 3.05) is 17.7 Å². The Kier molecular flexibility index (Phi) is 10.4. The van der Waals surface area contributed by atoms with Crippen LogP contribution in [0.3, 0.4) is 0 Å². The fraction of sp³-hybridized carbons (Fsp3) is 0.412. The minimum Gasteiger partial charge on any atom is -0.443 e. The summed E-state index contributed by atoms with van der Waals surface area (Å²) in [5, 5.41) is 10.5. The van der Waals surface area contributed by atoms with E-state index in [0.29, 0.717) is 18.1 Å². The second kappa shape index (κ2) is 13.5. The highest BCUT2D eigenvalue weighted by atomic mass is 16.5. The number of hydrogen-bond acceptors (Lipinski definition) is 6. The number of hydrogen-bond donors (Lipinski definition) is 3. The zero-order chi connectivity index (χ0) is 29.4. The van der Waals surface area contributed by atoms with Gasteiger partial charge >= 0.3 is 0 Å². The number of rotatable bonds is 9. The minimum atomic E-state index is 0.0219. The van der Waals surface area contributed by atoms with Gasteiger partial charge in [0.2, 0.25) is 5.88 Å². The van der Waals surface area contributed by atoms with Gasteiger partial charge in [0.25, 0.3) is 0 Å². The van der Waals surface area contributed by atoms with Gasteiger partial charge in [-0.1, -0.05) is 79.3 Å². The highest BCUT2D eigenvalue weighted by Gasteiger charge is 2.19. The standard InChI is InChI=1S/C34H47N5O/c1-11-28-30(35-10)20-26(34(7,8)9)21-31(28)38-25(6)37-29-18-17-27(16-14-12-13-15-23(29)4)40-32-19-24(5)36-33(39-32)22(2)3/h12-15,17-23,35,37-38H,6,11,16H2,1-5,7-10H3/b14-12-,15-13-,27-17+,29-18+. The van der Waals surface area contributed by atoms with Crippen molar-refractivity contribution < 1.29 is 4.74 Å². The maximum atomic E-state index is 6.26. The van der Waals surface area contributed by atoms with Crippen molar-refractivity contribution in [3.8, 4) is 5.88 Å². The fourth-order valence-electron chi connectivity index (χ4n) is 4.43. The van der Waals surface area contributed by atoms with Gasteiger partial charge in [-0.2, -0.15) is 4.98 Å². The maximum absolute atomic E-state index is 6.26. The lowest BCUT2D eigenvalue weighted by atomic mass is 9.85. The first-order chi connectivity index (χ1) is 18.9. The van der Waals surface area contributed by atoms with Crippen LogP contribution in [0.4, 0.5) is 11.4 Å². The molecule has 0 amide bonds. The molecule has 2 aromatic rings. The van der Waals surface area contributed by atoms with Crippen LogP contribution in [0.15, 0.2) is 78.5 Å². The molecule has 0 radical (unpaired) electrons. The second-order valence-corrected chi connectivity index (χ2v) is 11.7. The van der Waals surface area contributed by atoms with Crippen LogP contribution in [0.2, 0.25) is 0 Å². The van der Waals surface area contributed by atoms with Gasteiger partial charge in [-0.25, -0.2) is 4.98 Å². The molecule has 6 nitrogen and oxygen atoms in total. The topological polar surface area (TPSA) is 71.1 Å². The first kappa shape index (κ1) is 30.7. The van der Waals surface area contributed by atoms with E-state index in [1.165, 1.54) is 11.1 Å². The summed E-state index contributed by atoms with van der Waals surface area (Å²) < 4.78 is 6.26. The number of aromatic nitrogens is 2. The number of nitrogens with zero attached hydrogens (tertiary/aromatic N) is 2. The third-order valence-electron chi connectivity index (χ3n) is 6.83. The molecule has 1 unspecified atom stereocenters. The Morgan fingerprint density at radius 1 is 1.07 bits per heavy atom. The van der Waals surface area contributed by atoms with Crippen LogP contribution in [0.25, 0.3) is 0 Å². The van der Waals surface area contributed by atoms with Crippen LogP contribution < -0.4 is 20.7 Å². The van der Waals surface area contributed by atoms with E-state index in [2.05, 4.69) is 123 Å². The number of benzene rings is 1. The summed E-state index contributed by atoms with van der Waals surface area (Å²) in [7, 11) is 1.98. The Balaban J connectivity index is 1.89. The smallest absolute Gasteiger partial charge is 0.222 e. The predicted octanol–water partition coefficient (Wildman–Crippen LogP) is 8.28. The van der Waals surface area contributed by atoms with Gasteiger partial charge in [0.15, 0.2) is 0 Å². The zero-order valence-corrected chi connectivity index (χ0v) is 25.8. The van der Waals surface area contributed by atoms with Gasteiger partial charge < -0.3 is 20.7 Å². The summed E-state index contributed by atoms with van der Waals surface area (Å²) in [5.74, 6) is 3.22. The Morgan fingerprint density at radius 3 is 2.45 bits per heavy atom. The molecule has 0 spiro atoms. The Bertz CT molecular complexity index is 1320. The van der Waals surface area contributed by atoms with E-state index >= 15 is 0 Å². The van der Waals surface area contributed by atoms with Gasteiger partial charge in [0.05, 0.1) is 5.82 Å². The van der Waals surface area contributed by atoms with Gasteiger partial charge in [-0.05, 0) is 54.2 Å². The van der Waals surface area contributed by atoms with Crippen molar-refractivity contribution in [3.63, 3.8) is 0 Å². The van der Waals surface area contributed by atoms with Crippen molar-refractivity contribution in [1.82, 2.24) is 15.3 Å². The summed E-state index contributed by atoms with van der Waals surface area (Å²) in [5.41, 5.74) is 6.60. The first-order valence-electron chi connectivity index (χ1n) is 14.3. The molecule has 0 saturated heterocycles. The molecular weight excluding hydrogens is 494 g/mol. The average Bonchev–Trinajstić information content (AvgIpc) is 2.88. The van der Waals surface area contributed by atoms with Crippen molar-refractivity contribution >= 4 is 11.4 Å². The van der Waals surface area contributed by atoms with Crippen molar-refractivity contribution in [1.29, 1.82) is 0 Å². The van der Waals surface area contributed by atoms with E-state index in [4.69, 9.17) is 4.74 Å². The number of ether oxygens (including phenoxy) is 1. The van der Waals surface area contributed by atoms with E-state index < -0.39 is 0 Å². The highest BCUT2D eigenvalue weighted by molar-refractivity contribution is 5.69. The van der Waals surface area contributed by atoms with Crippen LogP contribution in [-0.4, -0.2) is 17.0 Å². The zero-order valence-electron chi connectivity index (χ0n) is 25.8. The predicted molar refractivity (Wildman–Crippen MR) is 170 cm³/mol. The Labute approximate surface area is 241 Å². The van der Waals surface area contributed by atoms with Crippen molar-refractivity contribution in [2.45, 2.75) is 79.6 Å². The van der Waals surface area contributed by atoms with E-state index in [1.807, 2.05) is 26.1 Å². The molecule has 40 heavy (non-hydrogen) atoms. The van der Waals surface area contributed by atoms with Gasteiger partial charge in [-0.15, -0.1) is 0 Å². The lowest BCUT2D eigenvalue weighted by Crippen LogP contribution is -2.23. The normalized spacial score (nSPS) is 20.0. The number of aryl methyl sites for hydroxylation is 1. The lowest BCUT2D eigenvalue weighted by molar-refractivity contribution is 0.395. The van der Waals surface area contributed by atoms with Crippen molar-refractivity contribution in [2.24, 2.45) is 5.92 Å². The largest absolute Gasteiger partial charge is 0.443 e. The Hall–Kier alpha value is -3.80. The molecule has 3 N–H and O–H groups in total. The van der Waals surface area contributed by atoms with Crippen LogP contribution in [0.5, 0.6) is 5.88 Å². The fourth-order valence-corrected chi connectivity index (χ4v) is 4.43. The SMILES string of the molecule is C=C(N/C1=C/C=C(/Oc2cc(C)nc(C(C)C)n2)C/C=C\C=C/C1C)Nc1cc(C(C)(C)C)cc(NC)c1CC. The summed E-state index contributed by atoms with van der Waals surface area (Å²) in [4.78, 5) is 9.17. The van der Waals surface area contributed by atoms with Crippen LogP contribution >= 0.6 is 0 Å². The molecule has 0 saturated carbocycles. The van der Waals surface area contributed by atoms with E-state index in [1.54, 1.807) is 0 Å². The molecular formula is C34H47N5O. The molecule has 1 aliphatic rings. The molecule has 1 aromatic carbocycles. The molecule has 3 rings (SSSR count). The number of allylic oxidation sites excluding steroid dienone is 6. The molecule has 0 fully saturated rings. The summed E-state index contributed by atoms with van der Waals surface area (Å²) in [6, 6.07) is 6.37. The van der Waals surface area contributed by atoms with E-state index in [-0.39, 0.29) is 17.3 Å². The third-order valence-corrected chi connectivity index (χ3v) is 6.83. The monoisotopic (exact) mass is 541 g/mol. The quantitative estimate of drug-likeness (QED) is 0.297. The Morgan fingerprint density at radius 2 is 1.80 bits per heavy atom. The summed E-state index contributed by atoms with van der Waals surface area (Å²) >= 11 is 0. The number of nitrogens with one attached hydrogen (secondary N) is 3. The van der Waals surface area contributed by atoms with E-state index in [0.717, 1.165) is 40.8 Å². The molecule has 1 atom stereocenters. The first-order valence-corrected chi connectivity index (χ1v) is 14.3. The van der Waals surface area contributed by atoms with E-state index in [9.17, 15) is 0 Å². The molecule has 1 aliphatic carbocycles. The molecule has 1 heterocycles. The molecule has 6 heteroatoms. The summed E-state index contributed by atoms with van der Waals surface area (Å²) in [6.45, 7) is 21.5. The van der Waals surface area contributed by atoms with Gasteiger partial charge in [-0.3, -0.25) is 0 Å². The molecule has 1 aromatic heterocycles. The average molecular weight is 542 g/mol. The summed E-state index contributed by atoms with van der Waals surface area (Å²) in [6.07, 6.45) is 14.0. The van der Waals surface area contributed by atoms with Crippen LogP contribution in [0.1, 0.15) is 83.5 Å². The maximum Gasteiger partial charge on any atom is 0.222 e. The van der Waals surface area contributed by atoms with Crippen LogP contribution in [0, 0.1) is 12.8 Å². The van der Waals surface area contributed by atoms with Crippen LogP contribution in [-0.2, 0) is 11.8 Å². The number of anilines is 2. The van der Waals surface area contributed by atoms with Crippen molar-refractivity contribution in [3.05, 3.63) is 101 Å². The van der Waals surface area contributed by atoms with Gasteiger partial charge in [0, 0.05) is 54.1 Å². The van der Waals surface area contributed by atoms with Gasteiger partial charge in [0.1, 0.15) is 11.6 Å². The highest BCUT2D eigenvalue weighted by Crippen LogP contribution is 2.34. The minimum absolute atomic E-state index is 0.0219. The molecule has 214 valence electrons. The second-order valence-electron chi connectivity index (χ2n) is 11.7. The molecule has 0 bridgehead atoms. The lowest BCUT2D eigenvalue weighted by Gasteiger charge is -2.25. The molecule has 0 aliphatic heterocycles.